The van der Waals surface area contributed by atoms with Gasteiger partial charge in [-0.15, -0.1) is 5.10 Å². The number of carbonyl (C=O) groups excluding carboxylic acids is 1. The first-order chi connectivity index (χ1) is 13.9. The van der Waals surface area contributed by atoms with Gasteiger partial charge in [0.25, 0.3) is 5.91 Å². The van der Waals surface area contributed by atoms with Gasteiger partial charge in [-0.25, -0.2) is 18.3 Å². The van der Waals surface area contributed by atoms with E-state index in [0.717, 1.165) is 32.1 Å². The number of piperidine rings is 2. The molecule has 1 aromatic heterocycles. The molecule has 0 bridgehead atoms. The summed E-state index contributed by atoms with van der Waals surface area (Å²) in [5, 5.41) is 6.13. The number of nitrogens with zero attached hydrogens (tertiary/aromatic N) is 3. The zero-order valence-electron chi connectivity index (χ0n) is 16.0. The standard InChI is InChI=1S/C19H24N4O5S/c24-18(22-9-5-7-15(13-22)17-20-21-19(25)28-17)14-6-4-8-16(12-14)29(26,27)23-10-2-1-3-11-23/h4,6,8,12,15H,1-3,5,7,9-11,13H2,(H,21,25)/t15-/m1/s1. The molecule has 1 atom stereocenters. The van der Waals surface area contributed by atoms with E-state index in [1.165, 1.54) is 16.4 Å². The van der Waals surface area contributed by atoms with Crippen molar-refractivity contribution in [2.75, 3.05) is 26.2 Å². The van der Waals surface area contributed by atoms with Gasteiger partial charge in [0.1, 0.15) is 0 Å². The lowest BCUT2D eigenvalue weighted by molar-refractivity contribution is 0.0697. The molecule has 1 N–H and O–H groups in total. The average Bonchev–Trinajstić information content (AvgIpc) is 3.20. The Morgan fingerprint density at radius 1 is 1.14 bits per heavy atom. The first-order valence-electron chi connectivity index (χ1n) is 9.90. The number of benzene rings is 1. The molecule has 1 amide bonds. The Hall–Kier alpha value is -2.46. The highest BCUT2D eigenvalue weighted by Gasteiger charge is 2.30. The molecule has 2 aliphatic heterocycles. The van der Waals surface area contributed by atoms with Crippen molar-refractivity contribution in [1.29, 1.82) is 0 Å². The summed E-state index contributed by atoms with van der Waals surface area (Å²) in [7, 11) is -3.60. The van der Waals surface area contributed by atoms with Gasteiger partial charge in [-0.3, -0.25) is 4.79 Å². The molecule has 4 rings (SSSR count). The van der Waals surface area contributed by atoms with Crippen LogP contribution < -0.4 is 5.76 Å². The van der Waals surface area contributed by atoms with Gasteiger partial charge in [0.15, 0.2) is 0 Å². The molecule has 156 valence electrons. The van der Waals surface area contributed by atoms with Crippen LogP contribution in [0.3, 0.4) is 0 Å². The molecule has 2 aromatic rings. The molecule has 29 heavy (non-hydrogen) atoms. The summed E-state index contributed by atoms with van der Waals surface area (Å²) >= 11 is 0. The highest BCUT2D eigenvalue weighted by Crippen LogP contribution is 2.27. The van der Waals surface area contributed by atoms with Gasteiger partial charge in [0.05, 0.1) is 10.8 Å². The smallest absolute Gasteiger partial charge is 0.392 e. The highest BCUT2D eigenvalue weighted by molar-refractivity contribution is 7.89. The lowest BCUT2D eigenvalue weighted by Gasteiger charge is -2.31. The summed E-state index contributed by atoms with van der Waals surface area (Å²) in [5.41, 5.74) is 0.340. The molecular weight excluding hydrogens is 396 g/mol. The maximum Gasteiger partial charge on any atom is 0.434 e. The molecule has 0 unspecified atom stereocenters. The van der Waals surface area contributed by atoms with Crippen molar-refractivity contribution in [2.24, 2.45) is 0 Å². The second-order valence-electron chi connectivity index (χ2n) is 7.53. The van der Waals surface area contributed by atoms with E-state index in [2.05, 4.69) is 10.2 Å². The van der Waals surface area contributed by atoms with Gasteiger partial charge in [-0.1, -0.05) is 12.5 Å². The van der Waals surface area contributed by atoms with Crippen LogP contribution in [0.1, 0.15) is 54.3 Å². The van der Waals surface area contributed by atoms with E-state index in [9.17, 15) is 18.0 Å². The Bertz CT molecular complexity index is 1040. The normalized spacial score (nSPS) is 21.2. The van der Waals surface area contributed by atoms with Crippen LogP contribution in [0.2, 0.25) is 0 Å². The number of nitrogens with one attached hydrogen (secondary N) is 1. The van der Waals surface area contributed by atoms with Crippen LogP contribution >= 0.6 is 0 Å². The summed E-state index contributed by atoms with van der Waals surface area (Å²) < 4.78 is 32.4. The van der Waals surface area contributed by atoms with Crippen LogP contribution in [-0.2, 0) is 10.0 Å². The highest BCUT2D eigenvalue weighted by atomic mass is 32.2. The van der Waals surface area contributed by atoms with Gasteiger partial charge < -0.3 is 9.32 Å². The Balaban J connectivity index is 1.53. The SMILES string of the molecule is O=C(c1cccc(S(=O)(=O)N2CCCCC2)c1)N1CCC[C@@H](c2n[nH]c(=O)o2)C1. The number of aromatic amines is 1. The summed E-state index contributed by atoms with van der Waals surface area (Å²) in [4.78, 5) is 26.1. The molecule has 2 fully saturated rings. The Morgan fingerprint density at radius 3 is 2.66 bits per heavy atom. The summed E-state index contributed by atoms with van der Waals surface area (Å²) in [5.74, 6) is -0.705. The van der Waals surface area contributed by atoms with E-state index in [4.69, 9.17) is 4.42 Å². The molecule has 3 heterocycles. The van der Waals surface area contributed by atoms with Crippen LogP contribution in [-0.4, -0.2) is 59.9 Å². The third kappa shape index (κ3) is 4.13. The number of aromatic nitrogens is 2. The van der Waals surface area contributed by atoms with E-state index < -0.39 is 15.8 Å². The fourth-order valence-corrected chi connectivity index (χ4v) is 5.57. The molecule has 9 nitrogen and oxygen atoms in total. The number of carbonyl (C=O) groups is 1. The second-order valence-corrected chi connectivity index (χ2v) is 9.47. The summed E-state index contributed by atoms with van der Waals surface area (Å²) in [6, 6.07) is 6.25. The van der Waals surface area contributed by atoms with Crippen molar-refractivity contribution in [3.8, 4) is 0 Å². The molecular formula is C19H24N4O5S. The van der Waals surface area contributed by atoms with E-state index in [1.54, 1.807) is 17.0 Å². The van der Waals surface area contributed by atoms with Crippen molar-refractivity contribution in [1.82, 2.24) is 19.4 Å². The van der Waals surface area contributed by atoms with Crippen molar-refractivity contribution in [3.05, 3.63) is 46.3 Å². The van der Waals surface area contributed by atoms with Gasteiger partial charge in [0.2, 0.25) is 15.9 Å². The maximum absolute atomic E-state index is 13.0. The fraction of sp³-hybridized carbons (Fsp3) is 0.526. The Labute approximate surface area is 168 Å². The molecule has 0 aliphatic carbocycles. The number of hydrogen-bond donors (Lipinski definition) is 1. The lowest BCUT2D eigenvalue weighted by atomic mass is 9.97. The van der Waals surface area contributed by atoms with Crippen LogP contribution in [0, 0.1) is 0 Å². The number of H-pyrrole nitrogens is 1. The van der Waals surface area contributed by atoms with Gasteiger partial charge in [-0.2, -0.15) is 4.31 Å². The first-order valence-corrected chi connectivity index (χ1v) is 11.3. The number of rotatable bonds is 4. The van der Waals surface area contributed by atoms with Crippen LogP contribution in [0.15, 0.2) is 38.4 Å². The van der Waals surface area contributed by atoms with Crippen LogP contribution in [0.5, 0.6) is 0 Å². The molecule has 0 saturated carbocycles. The third-order valence-electron chi connectivity index (χ3n) is 5.55. The zero-order chi connectivity index (χ0) is 20.4. The summed E-state index contributed by atoms with van der Waals surface area (Å²) in [6.45, 7) is 1.97. The lowest BCUT2D eigenvalue weighted by Crippen LogP contribution is -2.39. The minimum Gasteiger partial charge on any atom is -0.392 e. The van der Waals surface area contributed by atoms with Gasteiger partial charge >= 0.3 is 5.76 Å². The number of hydrogen-bond acceptors (Lipinski definition) is 6. The quantitative estimate of drug-likeness (QED) is 0.802. The largest absolute Gasteiger partial charge is 0.434 e. The Kier molecular flexibility index (Phi) is 5.55. The molecule has 0 spiro atoms. The van der Waals surface area contributed by atoms with Gasteiger partial charge in [0, 0.05) is 31.7 Å². The van der Waals surface area contributed by atoms with E-state index in [0.29, 0.717) is 37.6 Å². The maximum atomic E-state index is 13.0. The minimum atomic E-state index is -3.60. The van der Waals surface area contributed by atoms with Gasteiger partial charge in [-0.05, 0) is 43.9 Å². The molecule has 1 aromatic carbocycles. The minimum absolute atomic E-state index is 0.150. The monoisotopic (exact) mass is 420 g/mol. The molecule has 0 radical (unpaired) electrons. The van der Waals surface area contributed by atoms with Crippen molar-refractivity contribution < 1.29 is 17.6 Å². The topological polar surface area (TPSA) is 117 Å². The van der Waals surface area contributed by atoms with Crippen LogP contribution in [0.4, 0.5) is 0 Å². The first kappa shape index (κ1) is 19.8. The predicted molar refractivity (Wildman–Crippen MR) is 104 cm³/mol. The third-order valence-corrected chi connectivity index (χ3v) is 7.44. The molecule has 2 aliphatic rings. The van der Waals surface area contributed by atoms with Crippen molar-refractivity contribution >= 4 is 15.9 Å². The van der Waals surface area contributed by atoms with Crippen LogP contribution in [0.25, 0.3) is 0 Å². The van der Waals surface area contributed by atoms with E-state index in [-0.39, 0.29) is 16.7 Å². The second kappa shape index (κ2) is 8.11. The van der Waals surface area contributed by atoms with E-state index in [1.807, 2.05) is 0 Å². The molecule has 10 heteroatoms. The van der Waals surface area contributed by atoms with Crippen molar-refractivity contribution in [3.63, 3.8) is 0 Å². The summed E-state index contributed by atoms with van der Waals surface area (Å²) in [6.07, 6.45) is 4.27. The van der Waals surface area contributed by atoms with E-state index >= 15 is 0 Å². The molecule has 2 saturated heterocycles. The zero-order valence-corrected chi connectivity index (χ0v) is 16.9. The van der Waals surface area contributed by atoms with Crippen molar-refractivity contribution in [2.45, 2.75) is 42.9 Å². The predicted octanol–water partition coefficient (Wildman–Crippen LogP) is 1.56. The Morgan fingerprint density at radius 2 is 1.93 bits per heavy atom. The fourth-order valence-electron chi connectivity index (χ4n) is 4.01. The average molecular weight is 420 g/mol. The number of likely N-dealkylation sites (tertiary alicyclic amines) is 1. The number of amides is 1. The number of sulfonamides is 1.